The lowest BCUT2D eigenvalue weighted by Crippen LogP contribution is -2.46. The quantitative estimate of drug-likeness (QED) is 0.562. The van der Waals surface area contributed by atoms with Gasteiger partial charge in [0.25, 0.3) is 0 Å². The number of rotatable bonds is 7. The third kappa shape index (κ3) is 5.54. The molecule has 5 nitrogen and oxygen atoms in total. The zero-order chi connectivity index (χ0) is 18.2. The number of aryl methyl sites for hydroxylation is 1. The Morgan fingerprint density at radius 3 is 2.77 bits per heavy atom. The van der Waals surface area contributed by atoms with Gasteiger partial charge in [-0.3, -0.25) is 9.89 Å². The first kappa shape index (κ1) is 19.4. The van der Waals surface area contributed by atoms with Crippen molar-refractivity contribution in [2.24, 2.45) is 4.99 Å². The summed E-state index contributed by atoms with van der Waals surface area (Å²) in [7, 11) is 1.83. The Hall–Kier alpha value is -1.41. The molecule has 1 atom stereocenters. The lowest BCUT2D eigenvalue weighted by atomic mass is 10.2. The number of thiophene rings is 2. The average molecular weight is 393 g/mol. The highest BCUT2D eigenvalue weighted by molar-refractivity contribution is 7.12. The lowest BCUT2D eigenvalue weighted by molar-refractivity contribution is 0.0177. The van der Waals surface area contributed by atoms with Crippen LogP contribution in [0.15, 0.2) is 34.6 Å². The van der Waals surface area contributed by atoms with Gasteiger partial charge in [0.05, 0.1) is 19.3 Å². The highest BCUT2D eigenvalue weighted by Gasteiger charge is 2.24. The van der Waals surface area contributed by atoms with Crippen molar-refractivity contribution in [2.75, 3.05) is 46.4 Å². The molecule has 0 aromatic carbocycles. The van der Waals surface area contributed by atoms with E-state index in [1.807, 2.05) is 18.4 Å². The molecule has 7 heteroatoms. The van der Waals surface area contributed by atoms with Crippen molar-refractivity contribution in [3.8, 4) is 0 Å². The van der Waals surface area contributed by atoms with Gasteiger partial charge in [0, 0.05) is 47.9 Å². The fourth-order valence-electron chi connectivity index (χ4n) is 3.10. The van der Waals surface area contributed by atoms with Crippen LogP contribution >= 0.6 is 22.7 Å². The van der Waals surface area contributed by atoms with Crippen molar-refractivity contribution >= 4 is 28.6 Å². The predicted octanol–water partition coefficient (Wildman–Crippen LogP) is 2.90. The maximum Gasteiger partial charge on any atom is 0.191 e. The molecule has 1 unspecified atom stereocenters. The summed E-state index contributed by atoms with van der Waals surface area (Å²) in [6.45, 7) is 7.49. The molecule has 0 spiro atoms. The number of ether oxygens (including phenoxy) is 1. The molecule has 142 valence electrons. The molecule has 2 aromatic rings. The summed E-state index contributed by atoms with van der Waals surface area (Å²) in [4.78, 5) is 11.1. The lowest BCUT2D eigenvalue weighted by Gasteiger charge is -2.34. The van der Waals surface area contributed by atoms with E-state index in [2.05, 4.69) is 57.1 Å². The molecule has 2 aromatic heterocycles. The molecule has 0 radical (unpaired) electrons. The van der Waals surface area contributed by atoms with Crippen LogP contribution < -0.4 is 10.6 Å². The summed E-state index contributed by atoms with van der Waals surface area (Å²) in [6, 6.07) is 9.10. The number of morpholine rings is 1. The largest absolute Gasteiger partial charge is 0.379 e. The van der Waals surface area contributed by atoms with E-state index in [0.29, 0.717) is 6.04 Å². The summed E-state index contributed by atoms with van der Waals surface area (Å²) < 4.78 is 5.53. The van der Waals surface area contributed by atoms with Crippen molar-refractivity contribution in [3.63, 3.8) is 0 Å². The summed E-state index contributed by atoms with van der Waals surface area (Å²) in [5.41, 5.74) is 0. The Bertz CT molecular complexity index is 678. The molecule has 26 heavy (non-hydrogen) atoms. The smallest absolute Gasteiger partial charge is 0.191 e. The molecule has 3 heterocycles. The Labute approximate surface area is 164 Å². The van der Waals surface area contributed by atoms with E-state index < -0.39 is 0 Å². The topological polar surface area (TPSA) is 48.9 Å². The number of nitrogens with zero attached hydrogens (tertiary/aromatic N) is 2. The van der Waals surface area contributed by atoms with Crippen LogP contribution in [0.1, 0.15) is 20.7 Å². The molecule has 0 saturated carbocycles. The van der Waals surface area contributed by atoms with Crippen molar-refractivity contribution in [1.82, 2.24) is 15.5 Å². The Morgan fingerprint density at radius 2 is 2.12 bits per heavy atom. The SMILES string of the molecule is CN=C(NCCc1cccs1)NCC(c1ccc(C)s1)N1CCOCC1. The number of aliphatic imine (C=N–C) groups is 1. The Balaban J connectivity index is 1.55. The third-order valence-corrected chi connectivity index (χ3v) is 6.54. The highest BCUT2D eigenvalue weighted by atomic mass is 32.1. The molecule has 0 amide bonds. The second-order valence-corrected chi connectivity index (χ2v) is 8.67. The van der Waals surface area contributed by atoms with Crippen LogP contribution in [-0.2, 0) is 11.2 Å². The second kappa shape index (κ2) is 10.1. The van der Waals surface area contributed by atoms with Gasteiger partial charge < -0.3 is 15.4 Å². The molecule has 0 bridgehead atoms. The predicted molar refractivity (Wildman–Crippen MR) is 112 cm³/mol. The summed E-state index contributed by atoms with van der Waals surface area (Å²) in [6.07, 6.45) is 1.02. The maximum absolute atomic E-state index is 5.53. The monoisotopic (exact) mass is 392 g/mol. The van der Waals surface area contributed by atoms with Gasteiger partial charge in [0.15, 0.2) is 5.96 Å². The van der Waals surface area contributed by atoms with E-state index in [1.54, 1.807) is 11.3 Å². The summed E-state index contributed by atoms with van der Waals surface area (Å²) in [5, 5.41) is 9.07. The molecule has 1 aliphatic rings. The number of guanidine groups is 1. The number of hydrogen-bond acceptors (Lipinski definition) is 5. The molecule has 0 aliphatic carbocycles. The van der Waals surface area contributed by atoms with E-state index in [-0.39, 0.29) is 0 Å². The van der Waals surface area contributed by atoms with E-state index in [9.17, 15) is 0 Å². The molecule has 1 aliphatic heterocycles. The van der Waals surface area contributed by atoms with Crippen molar-refractivity contribution in [2.45, 2.75) is 19.4 Å². The standard InChI is InChI=1S/C19H28N4OS2/c1-15-5-6-18(26-15)17(23-9-11-24-12-10-23)14-22-19(20-2)21-8-7-16-4-3-13-25-16/h3-6,13,17H,7-12,14H2,1-2H3,(H2,20,21,22). The van der Waals surface area contributed by atoms with Crippen molar-refractivity contribution in [3.05, 3.63) is 44.3 Å². The maximum atomic E-state index is 5.53. The van der Waals surface area contributed by atoms with Gasteiger partial charge in [-0.15, -0.1) is 22.7 Å². The molecule has 1 fully saturated rings. The minimum Gasteiger partial charge on any atom is -0.379 e. The van der Waals surface area contributed by atoms with E-state index in [0.717, 1.165) is 51.8 Å². The minimum atomic E-state index is 0.355. The molecular formula is C19H28N4OS2. The van der Waals surface area contributed by atoms with Gasteiger partial charge in [0.2, 0.25) is 0 Å². The van der Waals surface area contributed by atoms with Gasteiger partial charge in [-0.25, -0.2) is 0 Å². The first-order chi connectivity index (χ1) is 12.8. The van der Waals surface area contributed by atoms with Crippen molar-refractivity contribution in [1.29, 1.82) is 0 Å². The fraction of sp³-hybridized carbons (Fsp3) is 0.526. The minimum absolute atomic E-state index is 0.355. The number of hydrogen-bond donors (Lipinski definition) is 2. The van der Waals surface area contributed by atoms with Gasteiger partial charge in [-0.1, -0.05) is 6.07 Å². The first-order valence-electron chi connectivity index (χ1n) is 9.11. The van der Waals surface area contributed by atoms with Gasteiger partial charge in [-0.2, -0.15) is 0 Å². The van der Waals surface area contributed by atoms with Crippen LogP contribution in [0, 0.1) is 6.92 Å². The van der Waals surface area contributed by atoms with E-state index in [4.69, 9.17) is 4.74 Å². The highest BCUT2D eigenvalue weighted by Crippen LogP contribution is 2.27. The van der Waals surface area contributed by atoms with Crippen LogP contribution in [0.25, 0.3) is 0 Å². The van der Waals surface area contributed by atoms with Crippen LogP contribution in [-0.4, -0.2) is 57.3 Å². The first-order valence-corrected chi connectivity index (χ1v) is 10.8. The van der Waals surface area contributed by atoms with Crippen LogP contribution in [0.2, 0.25) is 0 Å². The summed E-state index contributed by atoms with van der Waals surface area (Å²) in [5.74, 6) is 0.869. The van der Waals surface area contributed by atoms with Crippen LogP contribution in [0.5, 0.6) is 0 Å². The van der Waals surface area contributed by atoms with Gasteiger partial charge in [-0.05, 0) is 36.9 Å². The fourth-order valence-corrected chi connectivity index (χ4v) is 4.83. The normalized spacial score (nSPS) is 17.2. The molecule has 3 rings (SSSR count). The van der Waals surface area contributed by atoms with Crippen molar-refractivity contribution < 1.29 is 4.74 Å². The number of nitrogens with one attached hydrogen (secondary N) is 2. The molecular weight excluding hydrogens is 364 g/mol. The molecule has 2 N–H and O–H groups in total. The van der Waals surface area contributed by atoms with Gasteiger partial charge >= 0.3 is 0 Å². The zero-order valence-corrected chi connectivity index (χ0v) is 17.2. The third-order valence-electron chi connectivity index (χ3n) is 4.51. The van der Waals surface area contributed by atoms with Crippen LogP contribution in [0.4, 0.5) is 0 Å². The van der Waals surface area contributed by atoms with E-state index >= 15 is 0 Å². The van der Waals surface area contributed by atoms with Crippen LogP contribution in [0.3, 0.4) is 0 Å². The Morgan fingerprint density at radius 1 is 1.27 bits per heavy atom. The molecule has 1 saturated heterocycles. The zero-order valence-electron chi connectivity index (χ0n) is 15.5. The Kier molecular flexibility index (Phi) is 7.49. The second-order valence-electron chi connectivity index (χ2n) is 6.32. The van der Waals surface area contributed by atoms with Gasteiger partial charge in [0.1, 0.15) is 0 Å². The average Bonchev–Trinajstić information content (AvgIpc) is 3.33. The summed E-state index contributed by atoms with van der Waals surface area (Å²) >= 11 is 3.68. The van der Waals surface area contributed by atoms with E-state index in [1.165, 1.54) is 14.6 Å².